The molecule has 8 heteroatoms. The van der Waals surface area contributed by atoms with Crippen LogP contribution in [0.15, 0.2) is 72.9 Å². The number of esters is 2. The predicted octanol–water partition coefficient (Wildman–Crippen LogP) is 11.6. The van der Waals surface area contributed by atoms with Gasteiger partial charge in [-0.05, 0) is 77.0 Å². The topological polar surface area (TPSA) is 99.1 Å². The SMILES string of the molecule is CC/C=C/C/C=C/C/C=C/C/C=C/CCCCCCCCCCCC(=O)OCC(COCCC(C(=O)O)[N+](C)(C)C)OC(=O)CCCC/C=C/C/C=C/CC. The fourth-order valence-electron chi connectivity index (χ4n) is 5.82. The fraction of sp³-hybridized carbons (Fsp3) is 0.681. The molecule has 0 aliphatic heterocycles. The molecule has 314 valence electrons. The number of likely N-dealkylation sites (N-methyl/N-ethyl adjacent to an activating group) is 1. The maximum atomic E-state index is 12.6. The second-order valence-electron chi connectivity index (χ2n) is 15.2. The third-order valence-electron chi connectivity index (χ3n) is 9.10. The van der Waals surface area contributed by atoms with Crippen molar-refractivity contribution in [1.29, 1.82) is 0 Å². The van der Waals surface area contributed by atoms with E-state index in [1.165, 1.54) is 38.5 Å². The lowest BCUT2D eigenvalue weighted by Gasteiger charge is -2.31. The number of carbonyl (C=O) groups is 3. The number of aliphatic carboxylic acids is 1. The zero-order valence-electron chi connectivity index (χ0n) is 35.6. The molecule has 1 N–H and O–H groups in total. The third-order valence-corrected chi connectivity index (χ3v) is 9.10. The molecular formula is C47H80NO7+. The molecule has 0 aliphatic rings. The van der Waals surface area contributed by atoms with E-state index >= 15 is 0 Å². The van der Waals surface area contributed by atoms with Gasteiger partial charge in [0.2, 0.25) is 0 Å². The number of quaternary nitrogens is 1. The molecule has 0 aromatic carbocycles. The molecule has 0 aliphatic carbocycles. The number of hydrogen-bond donors (Lipinski definition) is 1. The molecule has 2 atom stereocenters. The van der Waals surface area contributed by atoms with Gasteiger partial charge in [0.1, 0.15) is 6.61 Å². The van der Waals surface area contributed by atoms with E-state index in [2.05, 4.69) is 86.8 Å². The number of unbranched alkanes of at least 4 members (excludes halogenated alkanes) is 11. The molecule has 0 saturated heterocycles. The highest BCUT2D eigenvalue weighted by molar-refractivity contribution is 5.72. The van der Waals surface area contributed by atoms with E-state index in [-0.39, 0.29) is 42.7 Å². The summed E-state index contributed by atoms with van der Waals surface area (Å²) in [5.74, 6) is -1.53. The molecule has 2 unspecified atom stereocenters. The van der Waals surface area contributed by atoms with Crippen LogP contribution in [0.3, 0.4) is 0 Å². The minimum Gasteiger partial charge on any atom is -0.477 e. The monoisotopic (exact) mass is 771 g/mol. The molecule has 0 amide bonds. The predicted molar refractivity (Wildman–Crippen MR) is 229 cm³/mol. The Kier molecular flexibility index (Phi) is 35.5. The Bertz CT molecular complexity index is 1130. The molecule has 55 heavy (non-hydrogen) atoms. The van der Waals surface area contributed by atoms with Crippen molar-refractivity contribution >= 4 is 17.9 Å². The van der Waals surface area contributed by atoms with Gasteiger partial charge in [0.25, 0.3) is 0 Å². The van der Waals surface area contributed by atoms with Gasteiger partial charge in [-0.25, -0.2) is 4.79 Å². The number of allylic oxidation sites excluding steroid dienone is 12. The summed E-state index contributed by atoms with van der Waals surface area (Å²) in [6.45, 7) is 4.44. The van der Waals surface area contributed by atoms with Crippen LogP contribution in [0.4, 0.5) is 0 Å². The standard InChI is InChI=1S/C47H79NO7/c1-6-8-10-12-14-16-17-18-19-20-21-22-23-24-25-26-27-28-30-31-33-35-37-45(49)54-42-43(41-53-40-39-44(47(51)52)48(3,4)5)55-46(50)38-36-34-32-29-15-13-11-9-7-2/h8-11,14-16,18-19,21-22,29,43-44H,6-7,12-13,17,20,23-28,30-42H2,1-5H3/p+1/b10-8+,11-9+,16-14+,19-18+,22-21+,29-15+. The van der Waals surface area contributed by atoms with Crippen molar-refractivity contribution in [2.75, 3.05) is 41.0 Å². The largest absolute Gasteiger partial charge is 0.477 e. The summed E-state index contributed by atoms with van der Waals surface area (Å²) in [7, 11) is 5.50. The number of rotatable bonds is 37. The van der Waals surface area contributed by atoms with Crippen molar-refractivity contribution in [1.82, 2.24) is 0 Å². The summed E-state index contributed by atoms with van der Waals surface area (Å²) in [6.07, 6.45) is 46.8. The van der Waals surface area contributed by atoms with Crippen LogP contribution >= 0.6 is 0 Å². The molecule has 0 saturated carbocycles. The normalized spacial score (nSPS) is 13.7. The Labute approximate surface area is 336 Å². The molecule has 0 fully saturated rings. The molecule has 0 spiro atoms. The molecule has 0 radical (unpaired) electrons. The van der Waals surface area contributed by atoms with Gasteiger partial charge in [0.05, 0.1) is 34.4 Å². The molecule has 0 aromatic rings. The number of ether oxygens (including phenoxy) is 3. The second kappa shape index (κ2) is 37.7. The molecular weight excluding hydrogens is 691 g/mol. The lowest BCUT2D eigenvalue weighted by molar-refractivity contribution is -0.887. The van der Waals surface area contributed by atoms with E-state index in [0.29, 0.717) is 19.3 Å². The van der Waals surface area contributed by atoms with E-state index in [4.69, 9.17) is 14.2 Å². The Morgan fingerprint density at radius 3 is 1.45 bits per heavy atom. The van der Waals surface area contributed by atoms with E-state index in [0.717, 1.165) is 77.0 Å². The summed E-state index contributed by atoms with van der Waals surface area (Å²) < 4.78 is 17.2. The van der Waals surface area contributed by atoms with Crippen molar-refractivity contribution in [2.45, 2.75) is 167 Å². The number of carbonyl (C=O) groups excluding carboxylic acids is 2. The first-order valence-corrected chi connectivity index (χ1v) is 21.5. The molecule has 0 bridgehead atoms. The van der Waals surface area contributed by atoms with Crippen LogP contribution in [0.2, 0.25) is 0 Å². The van der Waals surface area contributed by atoms with Crippen LogP contribution in [-0.4, -0.2) is 80.6 Å². The van der Waals surface area contributed by atoms with Crippen molar-refractivity contribution in [3.05, 3.63) is 72.9 Å². The Morgan fingerprint density at radius 1 is 0.545 bits per heavy atom. The maximum Gasteiger partial charge on any atom is 0.362 e. The Balaban J connectivity index is 4.25. The summed E-state index contributed by atoms with van der Waals surface area (Å²) in [5, 5.41) is 9.59. The van der Waals surface area contributed by atoms with E-state index in [1.807, 2.05) is 21.1 Å². The zero-order valence-corrected chi connectivity index (χ0v) is 35.6. The first-order chi connectivity index (χ1) is 26.6. The summed E-state index contributed by atoms with van der Waals surface area (Å²) in [5.41, 5.74) is 0. The van der Waals surface area contributed by atoms with Gasteiger partial charge in [-0.15, -0.1) is 0 Å². The molecule has 0 heterocycles. The van der Waals surface area contributed by atoms with Crippen molar-refractivity contribution < 1.29 is 38.2 Å². The number of nitrogens with zero attached hydrogens (tertiary/aromatic N) is 1. The quantitative estimate of drug-likeness (QED) is 0.0291. The first kappa shape index (κ1) is 51.8. The Hall–Kier alpha value is -3.23. The average Bonchev–Trinajstić information content (AvgIpc) is 3.14. The van der Waals surface area contributed by atoms with Gasteiger partial charge in [-0.3, -0.25) is 9.59 Å². The highest BCUT2D eigenvalue weighted by atomic mass is 16.6. The van der Waals surface area contributed by atoms with Gasteiger partial charge in [0.15, 0.2) is 12.1 Å². The average molecular weight is 771 g/mol. The van der Waals surface area contributed by atoms with Crippen LogP contribution in [0, 0.1) is 0 Å². The van der Waals surface area contributed by atoms with Crippen molar-refractivity contribution in [3.8, 4) is 0 Å². The molecule has 0 rings (SSSR count). The maximum absolute atomic E-state index is 12.6. The van der Waals surface area contributed by atoms with Crippen LogP contribution in [0.5, 0.6) is 0 Å². The van der Waals surface area contributed by atoms with E-state index < -0.39 is 18.1 Å². The van der Waals surface area contributed by atoms with Gasteiger partial charge in [0, 0.05) is 19.3 Å². The van der Waals surface area contributed by atoms with Crippen LogP contribution in [0.25, 0.3) is 0 Å². The van der Waals surface area contributed by atoms with Gasteiger partial charge < -0.3 is 23.8 Å². The van der Waals surface area contributed by atoms with Crippen LogP contribution < -0.4 is 0 Å². The van der Waals surface area contributed by atoms with E-state index in [9.17, 15) is 19.5 Å². The summed E-state index contributed by atoms with van der Waals surface area (Å²) >= 11 is 0. The van der Waals surface area contributed by atoms with Crippen molar-refractivity contribution in [2.24, 2.45) is 0 Å². The summed E-state index contributed by atoms with van der Waals surface area (Å²) in [4.78, 5) is 36.8. The van der Waals surface area contributed by atoms with Gasteiger partial charge in [-0.2, -0.15) is 0 Å². The number of carboxylic acids is 1. The summed E-state index contributed by atoms with van der Waals surface area (Å²) in [6, 6.07) is -0.623. The van der Waals surface area contributed by atoms with E-state index in [1.54, 1.807) is 0 Å². The Morgan fingerprint density at radius 2 is 0.964 bits per heavy atom. The second-order valence-corrected chi connectivity index (χ2v) is 15.2. The molecule has 8 nitrogen and oxygen atoms in total. The number of hydrogen-bond acceptors (Lipinski definition) is 6. The number of carboxylic acid groups (broad SMARTS) is 1. The highest BCUT2D eigenvalue weighted by Crippen LogP contribution is 2.13. The van der Waals surface area contributed by atoms with Crippen LogP contribution in [-0.2, 0) is 28.6 Å². The highest BCUT2D eigenvalue weighted by Gasteiger charge is 2.31. The lowest BCUT2D eigenvalue weighted by Crippen LogP contribution is -2.50. The third kappa shape index (κ3) is 36.2. The van der Waals surface area contributed by atoms with Crippen molar-refractivity contribution in [3.63, 3.8) is 0 Å². The van der Waals surface area contributed by atoms with Crippen LogP contribution in [0.1, 0.15) is 155 Å². The minimum absolute atomic E-state index is 0.0426. The van der Waals surface area contributed by atoms with Gasteiger partial charge in [-0.1, -0.05) is 132 Å². The smallest absolute Gasteiger partial charge is 0.362 e. The van der Waals surface area contributed by atoms with Gasteiger partial charge >= 0.3 is 17.9 Å². The zero-order chi connectivity index (χ0) is 40.7. The fourth-order valence-corrected chi connectivity index (χ4v) is 5.82. The lowest BCUT2D eigenvalue weighted by atomic mass is 10.1. The first-order valence-electron chi connectivity index (χ1n) is 21.5. The minimum atomic E-state index is -0.885. The molecule has 0 aromatic heterocycles.